The lowest BCUT2D eigenvalue weighted by atomic mass is 9.87. The maximum absolute atomic E-state index is 12.1. The molecule has 1 unspecified atom stereocenters. The maximum atomic E-state index is 12.1. The average Bonchev–Trinajstić information content (AvgIpc) is 2.43. The summed E-state index contributed by atoms with van der Waals surface area (Å²) >= 11 is 0. The summed E-state index contributed by atoms with van der Waals surface area (Å²) in [6.07, 6.45) is 1.94. The molecule has 0 aromatic rings. The molecule has 1 atom stereocenters. The minimum Gasteiger partial charge on any atom is -0.466 e. The zero-order valence-electron chi connectivity index (χ0n) is 13.3. The highest BCUT2D eigenvalue weighted by Gasteiger charge is 2.42. The van der Waals surface area contributed by atoms with Gasteiger partial charge < -0.3 is 14.2 Å². The molecule has 0 spiro atoms. The van der Waals surface area contributed by atoms with Crippen LogP contribution in [0.3, 0.4) is 0 Å². The molecular formula is C15H26O6. The van der Waals surface area contributed by atoms with Gasteiger partial charge >= 0.3 is 17.9 Å². The Morgan fingerprint density at radius 2 is 1.19 bits per heavy atom. The molecule has 0 saturated carbocycles. The van der Waals surface area contributed by atoms with Crippen LogP contribution < -0.4 is 0 Å². The van der Waals surface area contributed by atoms with Crippen LogP contribution in [0.1, 0.15) is 47.0 Å². The van der Waals surface area contributed by atoms with E-state index in [0.717, 1.165) is 6.42 Å². The molecule has 21 heavy (non-hydrogen) atoms. The van der Waals surface area contributed by atoms with Crippen molar-refractivity contribution in [2.45, 2.75) is 47.0 Å². The standard InChI is InChI=1S/C15H26O6/c1-5-9-10-11(13(16)19-6-2)12(14(17)20-7-3)15(18)21-8-4/h11-12H,5-10H2,1-4H3. The van der Waals surface area contributed by atoms with Crippen molar-refractivity contribution in [2.75, 3.05) is 19.8 Å². The molecule has 122 valence electrons. The fourth-order valence-electron chi connectivity index (χ4n) is 1.98. The zero-order chi connectivity index (χ0) is 16.3. The van der Waals surface area contributed by atoms with Crippen LogP contribution in [0.15, 0.2) is 0 Å². The first-order valence-electron chi connectivity index (χ1n) is 7.53. The molecule has 0 saturated heterocycles. The highest BCUT2D eigenvalue weighted by molar-refractivity contribution is 5.99. The summed E-state index contributed by atoms with van der Waals surface area (Å²) in [5.41, 5.74) is 0. The summed E-state index contributed by atoms with van der Waals surface area (Å²) in [6, 6.07) is 0. The van der Waals surface area contributed by atoms with Crippen LogP contribution in [0.2, 0.25) is 0 Å². The van der Waals surface area contributed by atoms with Gasteiger partial charge in [-0.25, -0.2) is 0 Å². The van der Waals surface area contributed by atoms with Crippen LogP contribution >= 0.6 is 0 Å². The zero-order valence-corrected chi connectivity index (χ0v) is 13.3. The molecule has 0 rings (SSSR count). The third-order valence-electron chi connectivity index (χ3n) is 2.94. The van der Waals surface area contributed by atoms with E-state index < -0.39 is 29.7 Å². The molecule has 0 heterocycles. The van der Waals surface area contributed by atoms with Gasteiger partial charge in [0.1, 0.15) is 0 Å². The fourth-order valence-corrected chi connectivity index (χ4v) is 1.98. The molecular weight excluding hydrogens is 276 g/mol. The van der Waals surface area contributed by atoms with Gasteiger partial charge in [0.15, 0.2) is 5.92 Å². The Labute approximate surface area is 126 Å². The number of unbranched alkanes of at least 4 members (excludes halogenated alkanes) is 1. The third-order valence-corrected chi connectivity index (χ3v) is 2.94. The van der Waals surface area contributed by atoms with E-state index in [9.17, 15) is 14.4 Å². The largest absolute Gasteiger partial charge is 0.466 e. The smallest absolute Gasteiger partial charge is 0.321 e. The summed E-state index contributed by atoms with van der Waals surface area (Å²) in [5.74, 6) is -4.13. The molecule has 0 aliphatic heterocycles. The molecule has 0 fully saturated rings. The van der Waals surface area contributed by atoms with Crippen LogP contribution in [0.25, 0.3) is 0 Å². The summed E-state index contributed by atoms with van der Waals surface area (Å²) in [4.78, 5) is 36.2. The molecule has 6 heteroatoms. The van der Waals surface area contributed by atoms with Crippen molar-refractivity contribution in [2.24, 2.45) is 11.8 Å². The Kier molecular flexibility index (Phi) is 10.3. The Balaban J connectivity index is 5.26. The monoisotopic (exact) mass is 302 g/mol. The number of hydrogen-bond acceptors (Lipinski definition) is 6. The third kappa shape index (κ3) is 6.60. The first-order valence-corrected chi connectivity index (χ1v) is 7.53. The van der Waals surface area contributed by atoms with Gasteiger partial charge in [0.25, 0.3) is 0 Å². The lowest BCUT2D eigenvalue weighted by Gasteiger charge is -2.22. The molecule has 0 bridgehead atoms. The first kappa shape index (κ1) is 19.4. The molecule has 0 N–H and O–H groups in total. The van der Waals surface area contributed by atoms with E-state index >= 15 is 0 Å². The van der Waals surface area contributed by atoms with Crippen LogP contribution in [0.5, 0.6) is 0 Å². The van der Waals surface area contributed by atoms with E-state index in [1.807, 2.05) is 6.92 Å². The van der Waals surface area contributed by atoms with Crippen molar-refractivity contribution in [3.05, 3.63) is 0 Å². The summed E-state index contributed by atoms with van der Waals surface area (Å²) in [7, 11) is 0. The lowest BCUT2D eigenvalue weighted by molar-refractivity contribution is -0.171. The van der Waals surface area contributed by atoms with Crippen LogP contribution in [-0.2, 0) is 28.6 Å². The minimum atomic E-state index is -1.25. The average molecular weight is 302 g/mol. The Hall–Kier alpha value is -1.59. The molecule has 0 aliphatic rings. The summed E-state index contributed by atoms with van der Waals surface area (Å²) < 4.78 is 14.8. The fraction of sp³-hybridized carbons (Fsp3) is 0.800. The van der Waals surface area contributed by atoms with E-state index in [2.05, 4.69) is 0 Å². The minimum absolute atomic E-state index is 0.137. The van der Waals surface area contributed by atoms with Crippen molar-refractivity contribution < 1.29 is 28.6 Å². The number of carbonyl (C=O) groups is 3. The van der Waals surface area contributed by atoms with Gasteiger partial charge in [-0.1, -0.05) is 19.8 Å². The van der Waals surface area contributed by atoms with Crippen molar-refractivity contribution in [3.8, 4) is 0 Å². The highest BCUT2D eigenvalue weighted by atomic mass is 16.6. The van der Waals surface area contributed by atoms with Gasteiger partial charge in [0.2, 0.25) is 0 Å². The topological polar surface area (TPSA) is 78.9 Å². The highest BCUT2D eigenvalue weighted by Crippen LogP contribution is 2.24. The number of hydrogen-bond donors (Lipinski definition) is 0. The molecule has 0 radical (unpaired) electrons. The summed E-state index contributed by atoms with van der Waals surface area (Å²) in [5, 5.41) is 0. The van der Waals surface area contributed by atoms with E-state index in [1.54, 1.807) is 20.8 Å². The Morgan fingerprint density at radius 3 is 1.57 bits per heavy atom. The number of ether oxygens (including phenoxy) is 3. The maximum Gasteiger partial charge on any atom is 0.321 e. The lowest BCUT2D eigenvalue weighted by Crippen LogP contribution is -2.39. The van der Waals surface area contributed by atoms with E-state index in [1.165, 1.54) is 0 Å². The van der Waals surface area contributed by atoms with E-state index in [-0.39, 0.29) is 19.8 Å². The summed E-state index contributed by atoms with van der Waals surface area (Å²) in [6.45, 7) is 7.40. The van der Waals surface area contributed by atoms with Crippen molar-refractivity contribution in [1.29, 1.82) is 0 Å². The van der Waals surface area contributed by atoms with Crippen molar-refractivity contribution in [3.63, 3.8) is 0 Å². The van der Waals surface area contributed by atoms with E-state index in [0.29, 0.717) is 12.8 Å². The number of rotatable bonds is 10. The van der Waals surface area contributed by atoms with Crippen LogP contribution in [0.4, 0.5) is 0 Å². The second-order valence-electron chi connectivity index (χ2n) is 4.48. The normalized spacial score (nSPS) is 11.9. The molecule has 6 nitrogen and oxygen atoms in total. The number of esters is 3. The molecule has 0 amide bonds. The molecule has 0 aromatic heterocycles. The van der Waals surface area contributed by atoms with Crippen LogP contribution in [0, 0.1) is 11.8 Å². The van der Waals surface area contributed by atoms with Gasteiger partial charge in [-0.15, -0.1) is 0 Å². The van der Waals surface area contributed by atoms with Crippen LogP contribution in [-0.4, -0.2) is 37.7 Å². The van der Waals surface area contributed by atoms with E-state index in [4.69, 9.17) is 14.2 Å². The SMILES string of the molecule is CCCCC(C(=O)OCC)C(C(=O)OCC)C(=O)OCC. The van der Waals surface area contributed by atoms with Gasteiger partial charge in [-0.2, -0.15) is 0 Å². The second kappa shape index (κ2) is 11.1. The molecule has 0 aromatic carbocycles. The van der Waals surface area contributed by atoms with Gasteiger partial charge in [0, 0.05) is 0 Å². The predicted octanol–water partition coefficient (Wildman–Crippen LogP) is 2.10. The molecule has 0 aliphatic carbocycles. The number of carbonyl (C=O) groups excluding carboxylic acids is 3. The first-order chi connectivity index (χ1) is 10.0. The second-order valence-corrected chi connectivity index (χ2v) is 4.48. The van der Waals surface area contributed by atoms with Gasteiger partial charge in [-0.3, -0.25) is 14.4 Å². The van der Waals surface area contributed by atoms with Crippen molar-refractivity contribution >= 4 is 17.9 Å². The Bertz CT molecular complexity index is 321. The van der Waals surface area contributed by atoms with Gasteiger partial charge in [-0.05, 0) is 27.2 Å². The Morgan fingerprint density at radius 1 is 0.762 bits per heavy atom. The van der Waals surface area contributed by atoms with Gasteiger partial charge in [0.05, 0.1) is 25.7 Å². The quantitative estimate of drug-likeness (QED) is 0.349. The predicted molar refractivity (Wildman–Crippen MR) is 76.4 cm³/mol. The van der Waals surface area contributed by atoms with Crippen molar-refractivity contribution in [1.82, 2.24) is 0 Å².